The zero-order valence-corrected chi connectivity index (χ0v) is 13.4. The lowest BCUT2D eigenvalue weighted by atomic mass is 10.2. The lowest BCUT2D eigenvalue weighted by Gasteiger charge is -2.25. The number of hydrogen-bond donors (Lipinski definition) is 1. The number of amides is 1. The fourth-order valence-corrected chi connectivity index (χ4v) is 2.24. The van der Waals surface area contributed by atoms with E-state index >= 15 is 0 Å². The number of nitrogens with one attached hydrogen (secondary N) is 1. The quantitative estimate of drug-likeness (QED) is 0.862. The lowest BCUT2D eigenvalue weighted by molar-refractivity contribution is -0.162. The Bertz CT molecular complexity index is 795. The molecule has 2 unspecified atom stereocenters. The Morgan fingerprint density at radius 2 is 1.84 bits per heavy atom. The van der Waals surface area contributed by atoms with Gasteiger partial charge in [0.25, 0.3) is 5.91 Å². The van der Waals surface area contributed by atoms with Gasteiger partial charge in [0, 0.05) is 0 Å². The van der Waals surface area contributed by atoms with Crippen LogP contribution in [0.1, 0.15) is 6.92 Å². The van der Waals surface area contributed by atoms with E-state index in [1.54, 1.807) is 30.3 Å². The Labute approximate surface area is 143 Å². The molecule has 2 atom stereocenters. The number of para-hydroxylation sites is 3. The topological polar surface area (TPSA) is 73.9 Å². The fraction of sp³-hybridized carbons (Fsp3) is 0.222. The molecule has 0 saturated heterocycles. The van der Waals surface area contributed by atoms with Crippen LogP contribution in [0.15, 0.2) is 48.5 Å². The minimum Gasteiger partial charge on any atom is -0.485 e. The highest BCUT2D eigenvalue weighted by Crippen LogP contribution is 2.31. The molecule has 1 aliphatic heterocycles. The van der Waals surface area contributed by atoms with E-state index in [1.165, 1.54) is 25.1 Å². The highest BCUT2D eigenvalue weighted by Gasteiger charge is 2.31. The van der Waals surface area contributed by atoms with Crippen LogP contribution >= 0.6 is 0 Å². The Morgan fingerprint density at radius 1 is 1.16 bits per heavy atom. The molecule has 0 spiro atoms. The number of carbonyl (C=O) groups is 2. The third-order valence-electron chi connectivity index (χ3n) is 3.57. The van der Waals surface area contributed by atoms with Gasteiger partial charge >= 0.3 is 5.97 Å². The van der Waals surface area contributed by atoms with Crippen molar-refractivity contribution in [2.75, 3.05) is 11.9 Å². The van der Waals surface area contributed by atoms with Crippen LogP contribution in [-0.2, 0) is 14.3 Å². The first-order valence-electron chi connectivity index (χ1n) is 7.69. The molecule has 0 radical (unpaired) electrons. The van der Waals surface area contributed by atoms with E-state index in [0.29, 0.717) is 11.5 Å². The summed E-state index contributed by atoms with van der Waals surface area (Å²) >= 11 is 0. The normalized spacial score (nSPS) is 16.6. The summed E-state index contributed by atoms with van der Waals surface area (Å²) in [6.07, 6.45) is -2.09. The van der Waals surface area contributed by atoms with Crippen molar-refractivity contribution in [3.8, 4) is 11.5 Å². The molecule has 0 aromatic heterocycles. The number of hydrogen-bond acceptors (Lipinski definition) is 5. The van der Waals surface area contributed by atoms with Crippen LogP contribution in [0.3, 0.4) is 0 Å². The van der Waals surface area contributed by atoms with Gasteiger partial charge in [0.05, 0.1) is 5.69 Å². The second-order valence-corrected chi connectivity index (χ2v) is 5.41. The molecule has 3 rings (SSSR count). The van der Waals surface area contributed by atoms with Gasteiger partial charge in [-0.15, -0.1) is 0 Å². The van der Waals surface area contributed by atoms with Gasteiger partial charge < -0.3 is 19.5 Å². The van der Waals surface area contributed by atoms with Gasteiger partial charge in [-0.25, -0.2) is 9.18 Å². The van der Waals surface area contributed by atoms with Crippen molar-refractivity contribution in [2.24, 2.45) is 0 Å². The summed E-state index contributed by atoms with van der Waals surface area (Å²) in [5, 5.41) is 2.37. The third kappa shape index (κ3) is 3.88. The maximum Gasteiger partial charge on any atom is 0.351 e. The summed E-state index contributed by atoms with van der Waals surface area (Å²) in [5.74, 6) is -0.979. The number of benzene rings is 2. The lowest BCUT2D eigenvalue weighted by Crippen LogP contribution is -2.41. The predicted molar refractivity (Wildman–Crippen MR) is 86.9 cm³/mol. The SMILES string of the molecule is CC(OC(=O)C1COc2ccccc2O1)C(=O)Nc1ccccc1F. The zero-order chi connectivity index (χ0) is 17.8. The standard InChI is InChI=1S/C18H16FNO5/c1-11(17(21)20-13-7-3-2-6-12(13)19)24-18(22)16-10-23-14-8-4-5-9-15(14)25-16/h2-9,11,16H,10H2,1H3,(H,20,21). The molecule has 6 nitrogen and oxygen atoms in total. The minimum atomic E-state index is -1.12. The molecule has 1 N–H and O–H groups in total. The van der Waals surface area contributed by atoms with Gasteiger partial charge in [0.15, 0.2) is 17.6 Å². The number of esters is 1. The molecule has 7 heteroatoms. The van der Waals surface area contributed by atoms with Crippen molar-refractivity contribution in [2.45, 2.75) is 19.1 Å². The van der Waals surface area contributed by atoms with E-state index < -0.39 is 29.9 Å². The maximum absolute atomic E-state index is 13.5. The van der Waals surface area contributed by atoms with Crippen molar-refractivity contribution < 1.29 is 28.2 Å². The molecule has 1 amide bonds. The Morgan fingerprint density at radius 3 is 2.60 bits per heavy atom. The number of ether oxygens (including phenoxy) is 3. The van der Waals surface area contributed by atoms with Crippen molar-refractivity contribution >= 4 is 17.6 Å². The third-order valence-corrected chi connectivity index (χ3v) is 3.57. The van der Waals surface area contributed by atoms with Crippen LogP contribution < -0.4 is 14.8 Å². The molecule has 130 valence electrons. The van der Waals surface area contributed by atoms with Crippen LogP contribution in [-0.4, -0.2) is 30.7 Å². The first kappa shape index (κ1) is 16.8. The Kier molecular flexibility index (Phi) is 4.83. The molecule has 0 aliphatic carbocycles. The monoisotopic (exact) mass is 345 g/mol. The molecule has 2 aromatic carbocycles. The molecule has 2 aromatic rings. The van der Waals surface area contributed by atoms with E-state index in [4.69, 9.17) is 14.2 Å². The number of carbonyl (C=O) groups excluding carboxylic acids is 2. The number of anilines is 1. The van der Waals surface area contributed by atoms with Crippen molar-refractivity contribution in [1.29, 1.82) is 0 Å². The molecular formula is C18H16FNO5. The predicted octanol–water partition coefficient (Wildman–Crippen LogP) is 2.54. The second kappa shape index (κ2) is 7.21. The minimum absolute atomic E-state index is 0.0153. The highest BCUT2D eigenvalue weighted by atomic mass is 19.1. The molecule has 0 saturated carbocycles. The van der Waals surface area contributed by atoms with Crippen LogP contribution in [0.2, 0.25) is 0 Å². The van der Waals surface area contributed by atoms with Gasteiger partial charge in [-0.05, 0) is 31.2 Å². The van der Waals surface area contributed by atoms with Gasteiger partial charge in [0.2, 0.25) is 6.10 Å². The van der Waals surface area contributed by atoms with Gasteiger partial charge in [-0.2, -0.15) is 0 Å². The first-order valence-corrected chi connectivity index (χ1v) is 7.69. The number of fused-ring (bicyclic) bond motifs is 1. The van der Waals surface area contributed by atoms with E-state index in [-0.39, 0.29) is 12.3 Å². The summed E-state index contributed by atoms with van der Waals surface area (Å²) in [7, 11) is 0. The average molecular weight is 345 g/mol. The van der Waals surface area contributed by atoms with Crippen molar-refractivity contribution in [3.05, 3.63) is 54.3 Å². The average Bonchev–Trinajstić information content (AvgIpc) is 2.63. The van der Waals surface area contributed by atoms with E-state index in [9.17, 15) is 14.0 Å². The van der Waals surface area contributed by atoms with Crippen LogP contribution in [0, 0.1) is 5.82 Å². The molecule has 0 fully saturated rings. The van der Waals surface area contributed by atoms with Crippen LogP contribution in [0.4, 0.5) is 10.1 Å². The van der Waals surface area contributed by atoms with E-state index in [2.05, 4.69) is 5.32 Å². The molecule has 0 bridgehead atoms. The number of halogens is 1. The summed E-state index contributed by atoms with van der Waals surface area (Å²) < 4.78 is 29.6. The highest BCUT2D eigenvalue weighted by molar-refractivity contribution is 5.95. The molecular weight excluding hydrogens is 329 g/mol. The summed E-state index contributed by atoms with van der Waals surface area (Å²) in [6.45, 7) is 1.38. The fourth-order valence-electron chi connectivity index (χ4n) is 2.24. The van der Waals surface area contributed by atoms with Gasteiger partial charge in [0.1, 0.15) is 12.4 Å². The largest absolute Gasteiger partial charge is 0.485 e. The smallest absolute Gasteiger partial charge is 0.351 e. The van der Waals surface area contributed by atoms with Crippen LogP contribution in [0.5, 0.6) is 11.5 Å². The first-order chi connectivity index (χ1) is 12.0. The van der Waals surface area contributed by atoms with Crippen molar-refractivity contribution in [3.63, 3.8) is 0 Å². The summed E-state index contributed by atoms with van der Waals surface area (Å²) in [6, 6.07) is 12.7. The number of rotatable bonds is 4. The Hall–Kier alpha value is -3.09. The van der Waals surface area contributed by atoms with Crippen molar-refractivity contribution in [1.82, 2.24) is 0 Å². The maximum atomic E-state index is 13.5. The van der Waals surface area contributed by atoms with Gasteiger partial charge in [-0.1, -0.05) is 24.3 Å². The summed E-state index contributed by atoms with van der Waals surface area (Å²) in [4.78, 5) is 24.2. The summed E-state index contributed by atoms with van der Waals surface area (Å²) in [5.41, 5.74) is 0.0153. The second-order valence-electron chi connectivity index (χ2n) is 5.41. The molecule has 25 heavy (non-hydrogen) atoms. The van der Waals surface area contributed by atoms with Crippen LogP contribution in [0.25, 0.3) is 0 Å². The Balaban J connectivity index is 1.57. The zero-order valence-electron chi connectivity index (χ0n) is 13.4. The molecule has 1 heterocycles. The van der Waals surface area contributed by atoms with E-state index in [1.807, 2.05) is 0 Å². The van der Waals surface area contributed by atoms with E-state index in [0.717, 1.165) is 0 Å². The molecule has 1 aliphatic rings. The van der Waals surface area contributed by atoms with Gasteiger partial charge in [-0.3, -0.25) is 4.79 Å².